The molecule has 1 aliphatic rings. The van der Waals surface area contributed by atoms with Crippen LogP contribution in [0.3, 0.4) is 0 Å². The van der Waals surface area contributed by atoms with Crippen LogP contribution in [0.2, 0.25) is 0 Å². The highest BCUT2D eigenvalue weighted by Gasteiger charge is 2.33. The Hall–Kier alpha value is -4.33. The number of hydrogen-bond donors (Lipinski definition) is 2. The van der Waals surface area contributed by atoms with Gasteiger partial charge in [-0.15, -0.1) is 13.2 Å². The zero-order valence-electron chi connectivity index (χ0n) is 19.8. The van der Waals surface area contributed by atoms with Gasteiger partial charge in [0.05, 0.1) is 29.0 Å². The van der Waals surface area contributed by atoms with Crippen LogP contribution in [0, 0.1) is 0 Å². The van der Waals surface area contributed by atoms with Crippen molar-refractivity contribution in [3.05, 3.63) is 77.7 Å². The molecule has 0 aliphatic carbocycles. The number of ether oxygens (including phenoxy) is 1. The van der Waals surface area contributed by atoms with Gasteiger partial charge >= 0.3 is 12.5 Å². The minimum absolute atomic E-state index is 0.0751. The molecule has 1 aliphatic heterocycles. The highest BCUT2D eigenvalue weighted by molar-refractivity contribution is 6.06. The first-order valence-corrected chi connectivity index (χ1v) is 11.5. The second-order valence-electron chi connectivity index (χ2n) is 8.83. The van der Waals surface area contributed by atoms with Crippen molar-refractivity contribution in [3.63, 3.8) is 0 Å². The number of alkyl halides is 6. The van der Waals surface area contributed by atoms with E-state index in [2.05, 4.69) is 20.0 Å². The Bertz CT molecular complexity index is 1510. The summed E-state index contributed by atoms with van der Waals surface area (Å²) < 4.78 is 83.1. The summed E-state index contributed by atoms with van der Waals surface area (Å²) in [6, 6.07) is 11.3. The van der Waals surface area contributed by atoms with E-state index in [1.54, 1.807) is 12.1 Å². The smallest absolute Gasteiger partial charge is 0.406 e. The highest BCUT2D eigenvalue weighted by Crippen LogP contribution is 2.31. The molecule has 0 unspecified atom stereocenters. The normalized spacial score (nSPS) is 14.4. The Balaban J connectivity index is 1.47. The lowest BCUT2D eigenvalue weighted by atomic mass is 10.2. The second-order valence-corrected chi connectivity index (χ2v) is 8.83. The van der Waals surface area contributed by atoms with E-state index < -0.39 is 36.0 Å². The minimum atomic E-state index is -4.92. The van der Waals surface area contributed by atoms with Crippen LogP contribution in [0.1, 0.15) is 21.7 Å². The van der Waals surface area contributed by atoms with Crippen molar-refractivity contribution >= 4 is 28.4 Å². The van der Waals surface area contributed by atoms with Gasteiger partial charge in [0.15, 0.2) is 0 Å². The molecular formula is C25H19F6N5O3. The monoisotopic (exact) mass is 551 g/mol. The van der Waals surface area contributed by atoms with Gasteiger partial charge in [-0.25, -0.2) is 9.97 Å². The van der Waals surface area contributed by atoms with Crippen LogP contribution >= 0.6 is 0 Å². The second kappa shape index (κ2) is 9.76. The zero-order valence-corrected chi connectivity index (χ0v) is 19.8. The lowest BCUT2D eigenvalue weighted by Gasteiger charge is -2.36. The fraction of sp³-hybridized carbons (Fsp3) is 0.240. The lowest BCUT2D eigenvalue weighted by molar-refractivity contribution is -0.274. The summed E-state index contributed by atoms with van der Waals surface area (Å²) in [7, 11) is 0. The van der Waals surface area contributed by atoms with Crippen LogP contribution in [-0.2, 0) is 12.7 Å². The third-order valence-corrected chi connectivity index (χ3v) is 5.95. The number of benzene rings is 1. The SMILES string of the molecule is O=C(Nc1ccc(N2CC(O)C2)nc1)c1cc2nc(C(F)(F)F)ccc2n1Cc1cccc(OC(F)(F)F)c1. The fourth-order valence-electron chi connectivity index (χ4n) is 4.16. The molecule has 0 atom stereocenters. The van der Waals surface area contributed by atoms with Gasteiger partial charge in [0, 0.05) is 19.6 Å². The van der Waals surface area contributed by atoms with E-state index in [0.29, 0.717) is 30.2 Å². The molecule has 0 spiro atoms. The summed E-state index contributed by atoms with van der Waals surface area (Å²) in [4.78, 5) is 22.9. The number of fused-ring (bicyclic) bond motifs is 1. The number of carbonyl (C=O) groups excluding carboxylic acids is 1. The molecule has 5 rings (SSSR count). The largest absolute Gasteiger partial charge is 0.573 e. The average Bonchev–Trinajstić information content (AvgIpc) is 3.19. The van der Waals surface area contributed by atoms with Crippen LogP contribution in [0.25, 0.3) is 11.0 Å². The molecule has 204 valence electrons. The van der Waals surface area contributed by atoms with E-state index in [4.69, 9.17) is 0 Å². The third kappa shape index (κ3) is 5.90. The number of β-amino-alcohol motifs (C(OH)–C–C–N with tert-alkyl or cyclic N) is 1. The minimum Gasteiger partial charge on any atom is -0.406 e. The Morgan fingerprint density at radius 2 is 1.82 bits per heavy atom. The molecular weight excluding hydrogens is 532 g/mol. The first kappa shape index (κ1) is 26.3. The number of halogens is 6. The van der Waals surface area contributed by atoms with Gasteiger partial charge in [-0.2, -0.15) is 13.2 Å². The molecule has 1 fully saturated rings. The Morgan fingerprint density at radius 1 is 1.05 bits per heavy atom. The molecule has 0 bridgehead atoms. The quantitative estimate of drug-likeness (QED) is 0.334. The Kier molecular flexibility index (Phi) is 6.58. The van der Waals surface area contributed by atoms with E-state index in [0.717, 1.165) is 24.3 Å². The van der Waals surface area contributed by atoms with Gasteiger partial charge in [0.1, 0.15) is 23.0 Å². The van der Waals surface area contributed by atoms with Crippen molar-refractivity contribution in [1.29, 1.82) is 0 Å². The van der Waals surface area contributed by atoms with Crippen molar-refractivity contribution in [2.24, 2.45) is 0 Å². The maximum atomic E-state index is 13.3. The van der Waals surface area contributed by atoms with Crippen LogP contribution in [0.15, 0.2) is 60.8 Å². The number of aliphatic hydroxyl groups excluding tert-OH is 1. The molecule has 0 saturated carbocycles. The molecule has 1 aromatic carbocycles. The average molecular weight is 551 g/mol. The molecule has 4 aromatic rings. The maximum absolute atomic E-state index is 13.3. The molecule has 39 heavy (non-hydrogen) atoms. The van der Waals surface area contributed by atoms with E-state index >= 15 is 0 Å². The predicted octanol–water partition coefficient (Wildman–Crippen LogP) is 4.83. The van der Waals surface area contributed by atoms with Gasteiger partial charge in [0.2, 0.25) is 0 Å². The molecule has 1 saturated heterocycles. The number of aromatic nitrogens is 3. The summed E-state index contributed by atoms with van der Waals surface area (Å²) >= 11 is 0. The van der Waals surface area contributed by atoms with Gasteiger partial charge in [-0.05, 0) is 48.0 Å². The van der Waals surface area contributed by atoms with Gasteiger partial charge in [-0.3, -0.25) is 4.79 Å². The number of anilines is 2. The molecule has 14 heteroatoms. The molecule has 4 heterocycles. The van der Waals surface area contributed by atoms with Crippen LogP contribution < -0.4 is 15.0 Å². The first-order valence-electron chi connectivity index (χ1n) is 11.5. The number of pyridine rings is 2. The summed E-state index contributed by atoms with van der Waals surface area (Å²) in [6.07, 6.45) is -8.67. The van der Waals surface area contributed by atoms with Gasteiger partial charge in [-0.1, -0.05) is 12.1 Å². The lowest BCUT2D eigenvalue weighted by Crippen LogP contribution is -2.51. The van der Waals surface area contributed by atoms with Crippen molar-refractivity contribution in [2.45, 2.75) is 25.2 Å². The van der Waals surface area contributed by atoms with E-state index in [9.17, 15) is 36.2 Å². The number of nitrogens with one attached hydrogen (secondary N) is 1. The number of carbonyl (C=O) groups is 1. The standard InChI is InChI=1S/C25H19F6N5O3/c26-24(27,28)21-6-5-19-18(34-21)9-20(36(19)11-14-2-1-3-17(8-14)39-25(29,30)31)23(38)33-15-4-7-22(32-10-15)35-12-16(37)13-35/h1-10,16,37H,11-13H2,(H,33,38). The number of amides is 1. The molecule has 8 nitrogen and oxygen atoms in total. The van der Waals surface area contributed by atoms with Crippen molar-refractivity contribution in [2.75, 3.05) is 23.3 Å². The Labute approximate surface area is 216 Å². The van der Waals surface area contributed by atoms with Crippen molar-refractivity contribution in [3.8, 4) is 5.75 Å². The number of rotatable bonds is 6. The number of hydrogen-bond acceptors (Lipinski definition) is 6. The zero-order chi connectivity index (χ0) is 27.9. The first-order chi connectivity index (χ1) is 18.4. The van der Waals surface area contributed by atoms with Crippen LogP contribution in [0.4, 0.5) is 37.8 Å². The summed E-state index contributed by atoms with van der Waals surface area (Å²) in [5, 5.41) is 12.1. The van der Waals surface area contributed by atoms with Crippen LogP contribution in [0.5, 0.6) is 5.75 Å². The molecule has 3 aromatic heterocycles. The topological polar surface area (TPSA) is 92.5 Å². The summed E-state index contributed by atoms with van der Waals surface area (Å²) in [5.41, 5.74) is -0.593. The van der Waals surface area contributed by atoms with E-state index in [1.165, 1.54) is 29.0 Å². The third-order valence-electron chi connectivity index (χ3n) is 5.95. The number of nitrogens with zero attached hydrogens (tertiary/aromatic N) is 4. The molecule has 0 radical (unpaired) electrons. The summed E-state index contributed by atoms with van der Waals surface area (Å²) in [6.45, 7) is 0.699. The van der Waals surface area contributed by atoms with Gasteiger partial charge < -0.3 is 24.6 Å². The van der Waals surface area contributed by atoms with Crippen LogP contribution in [-0.4, -0.2) is 51.1 Å². The van der Waals surface area contributed by atoms with Crippen molar-refractivity contribution in [1.82, 2.24) is 14.5 Å². The highest BCUT2D eigenvalue weighted by atomic mass is 19.4. The van der Waals surface area contributed by atoms with E-state index in [-0.39, 0.29) is 23.3 Å². The molecule has 1 amide bonds. The Morgan fingerprint density at radius 3 is 2.46 bits per heavy atom. The van der Waals surface area contributed by atoms with Crippen molar-refractivity contribution < 1.29 is 41.0 Å². The molecule has 2 N–H and O–H groups in total. The predicted molar refractivity (Wildman–Crippen MR) is 127 cm³/mol. The fourth-order valence-corrected chi connectivity index (χ4v) is 4.16. The number of aliphatic hydroxyl groups is 1. The maximum Gasteiger partial charge on any atom is 0.573 e. The van der Waals surface area contributed by atoms with E-state index in [1.807, 2.05) is 4.90 Å². The summed E-state index contributed by atoms with van der Waals surface area (Å²) in [5.74, 6) is -0.587. The van der Waals surface area contributed by atoms with Gasteiger partial charge in [0.25, 0.3) is 5.91 Å².